The molecular weight excluding hydrogens is 228 g/mol. The molecule has 0 fully saturated rings. The quantitative estimate of drug-likeness (QED) is 0.595. The van der Waals surface area contributed by atoms with Crippen LogP contribution in [0.25, 0.3) is 0 Å². The number of rotatable bonds is 4. The van der Waals surface area contributed by atoms with E-state index in [0.717, 1.165) is 0 Å². The molecule has 0 saturated heterocycles. The van der Waals surface area contributed by atoms with E-state index < -0.39 is 11.3 Å². The van der Waals surface area contributed by atoms with Crippen molar-refractivity contribution in [3.8, 4) is 0 Å². The lowest BCUT2D eigenvalue weighted by molar-refractivity contribution is 0.528. The molecule has 0 aliphatic rings. The van der Waals surface area contributed by atoms with Gasteiger partial charge in [0.15, 0.2) is 0 Å². The highest BCUT2D eigenvalue weighted by Crippen LogP contribution is 2.08. The van der Waals surface area contributed by atoms with Crippen molar-refractivity contribution in [1.29, 1.82) is 0 Å². The van der Waals surface area contributed by atoms with Crippen LogP contribution in [0.15, 0.2) is 12.4 Å². The zero-order valence-electron chi connectivity index (χ0n) is 7.76. The molecule has 0 aliphatic heterocycles. The molecule has 0 aromatic carbocycles. The molecule has 0 amide bonds. The summed E-state index contributed by atoms with van der Waals surface area (Å²) in [6.07, 6.45) is 3.25. The molecule has 6 nitrogen and oxygen atoms in total. The highest BCUT2D eigenvalue weighted by Gasteiger charge is 1.99. The van der Waals surface area contributed by atoms with Crippen molar-refractivity contribution in [2.45, 2.75) is 19.9 Å². The lowest BCUT2D eigenvalue weighted by atomic mass is 10.4. The van der Waals surface area contributed by atoms with Gasteiger partial charge < -0.3 is 9.98 Å². The lowest BCUT2D eigenvalue weighted by Crippen LogP contribution is -2.23. The minimum Gasteiger partial charge on any atom is -0.759 e. The first kappa shape index (κ1) is 13.4. The topological polar surface area (TPSA) is 82.0 Å². The second kappa shape index (κ2) is 5.97. The van der Waals surface area contributed by atoms with Gasteiger partial charge in [-0.3, -0.25) is 8.89 Å². The summed E-state index contributed by atoms with van der Waals surface area (Å²) in [5.41, 5.74) is 3.08. The molecule has 0 saturated carbocycles. The number of aromatic nitrogens is 2. The summed E-state index contributed by atoms with van der Waals surface area (Å²) in [6.45, 7) is 3.96. The number of anilines is 1. The fraction of sp³-hybridized carbons (Fsp3) is 0.500. The van der Waals surface area contributed by atoms with Gasteiger partial charge in [0.25, 0.3) is 0 Å². The number of hydrogen-bond donors (Lipinski definition) is 2. The molecule has 0 aliphatic carbocycles. The Balaban J connectivity index is 0.00000169. The number of hydrogen-bond acceptors (Lipinski definition) is 4. The Kier molecular flexibility index (Phi) is 5.70. The van der Waals surface area contributed by atoms with Gasteiger partial charge in [0.05, 0.1) is 11.9 Å². The average molecular weight is 240 g/mol. The highest BCUT2D eigenvalue weighted by molar-refractivity contribution is 7.77. The number of nitrogens with zero attached hydrogens (tertiary/aromatic N) is 2. The summed E-state index contributed by atoms with van der Waals surface area (Å²) in [7, 11) is 0. The van der Waals surface area contributed by atoms with Crippen molar-refractivity contribution >= 4 is 29.4 Å². The molecule has 1 rings (SSSR count). The summed E-state index contributed by atoms with van der Waals surface area (Å²) < 4.78 is 21.9. The molecule has 2 N–H and O–H groups in total. The van der Waals surface area contributed by atoms with E-state index in [1.807, 2.05) is 18.7 Å². The second-order valence-electron chi connectivity index (χ2n) is 2.76. The van der Waals surface area contributed by atoms with Crippen molar-refractivity contribution in [2.24, 2.45) is 0 Å². The molecule has 0 bridgehead atoms. The lowest BCUT2D eigenvalue weighted by Gasteiger charge is -2.07. The summed E-state index contributed by atoms with van der Waals surface area (Å²) in [5, 5.41) is 4.01. The van der Waals surface area contributed by atoms with Crippen LogP contribution in [0.2, 0.25) is 0 Å². The molecule has 1 heterocycles. The normalized spacial score (nSPS) is 12.3. The fourth-order valence-corrected chi connectivity index (χ4v) is 0.987. The minimum atomic E-state index is -2.32. The number of nitrogens with one attached hydrogen (secondary N) is 2. The fourth-order valence-electron chi connectivity index (χ4n) is 0.786. The van der Waals surface area contributed by atoms with E-state index in [9.17, 15) is 8.76 Å². The van der Waals surface area contributed by atoms with Crippen LogP contribution >= 0.6 is 12.4 Å². The zero-order valence-corrected chi connectivity index (χ0v) is 9.39. The SMILES string of the molecule is CC(C)n1cc(NNS(=O)[O-])cn1.Cl. The maximum absolute atomic E-state index is 10.1. The molecule has 82 valence electrons. The van der Waals surface area contributed by atoms with Crippen molar-refractivity contribution in [3.63, 3.8) is 0 Å². The third-order valence-corrected chi connectivity index (χ3v) is 1.68. The van der Waals surface area contributed by atoms with E-state index in [2.05, 4.69) is 10.5 Å². The first-order chi connectivity index (χ1) is 6.09. The first-order valence-corrected chi connectivity index (χ1v) is 4.82. The van der Waals surface area contributed by atoms with Gasteiger partial charge in [0, 0.05) is 23.5 Å². The van der Waals surface area contributed by atoms with Crippen LogP contribution in [0.1, 0.15) is 19.9 Å². The van der Waals surface area contributed by atoms with Gasteiger partial charge in [-0.05, 0) is 13.8 Å². The largest absolute Gasteiger partial charge is 0.759 e. The van der Waals surface area contributed by atoms with Crippen molar-refractivity contribution < 1.29 is 8.76 Å². The predicted octanol–water partition coefficient (Wildman–Crippen LogP) is 0.596. The Bertz CT molecular complexity index is 304. The maximum Gasteiger partial charge on any atom is 0.0878 e. The van der Waals surface area contributed by atoms with Gasteiger partial charge in [-0.25, -0.2) is 0 Å². The van der Waals surface area contributed by atoms with Crippen LogP contribution in [0.5, 0.6) is 0 Å². The molecule has 1 atom stereocenters. The van der Waals surface area contributed by atoms with Gasteiger partial charge in [-0.15, -0.1) is 12.4 Å². The van der Waals surface area contributed by atoms with Gasteiger partial charge in [-0.1, -0.05) is 0 Å². The van der Waals surface area contributed by atoms with E-state index in [4.69, 9.17) is 0 Å². The summed E-state index contributed by atoms with van der Waals surface area (Å²) in [5.74, 6) is 0. The molecule has 1 aromatic heterocycles. The second-order valence-corrected chi connectivity index (χ2v) is 3.44. The van der Waals surface area contributed by atoms with Crippen LogP contribution in [0.4, 0.5) is 5.69 Å². The first-order valence-electron chi connectivity index (χ1n) is 3.74. The maximum atomic E-state index is 10.1. The van der Waals surface area contributed by atoms with E-state index >= 15 is 0 Å². The average Bonchev–Trinajstić information content (AvgIpc) is 2.48. The van der Waals surface area contributed by atoms with Crippen molar-refractivity contribution in [3.05, 3.63) is 12.4 Å². The van der Waals surface area contributed by atoms with Gasteiger partial charge in [0.2, 0.25) is 0 Å². The smallest absolute Gasteiger partial charge is 0.0878 e. The number of halogens is 1. The Hall–Kier alpha value is -0.630. The monoisotopic (exact) mass is 239 g/mol. The molecule has 0 radical (unpaired) electrons. The Labute approximate surface area is 90.9 Å². The minimum absolute atomic E-state index is 0. The molecular formula is C6H12ClN4O2S-. The predicted molar refractivity (Wildman–Crippen MR) is 55.5 cm³/mol. The molecule has 1 aromatic rings. The van der Waals surface area contributed by atoms with Crippen LogP contribution in [0, 0.1) is 0 Å². The van der Waals surface area contributed by atoms with Crippen LogP contribution < -0.4 is 10.3 Å². The Morgan fingerprint density at radius 1 is 1.64 bits per heavy atom. The number of hydrazine groups is 1. The summed E-state index contributed by atoms with van der Waals surface area (Å²) in [4.78, 5) is 2.03. The van der Waals surface area contributed by atoms with Gasteiger partial charge >= 0.3 is 0 Å². The van der Waals surface area contributed by atoms with Crippen molar-refractivity contribution in [1.82, 2.24) is 14.6 Å². The van der Waals surface area contributed by atoms with Crippen LogP contribution in [-0.2, 0) is 11.3 Å². The summed E-state index contributed by atoms with van der Waals surface area (Å²) >= 11 is -2.32. The third-order valence-electron chi connectivity index (χ3n) is 1.41. The Morgan fingerprint density at radius 3 is 2.71 bits per heavy atom. The van der Waals surface area contributed by atoms with Crippen LogP contribution in [0.3, 0.4) is 0 Å². The summed E-state index contributed by atoms with van der Waals surface area (Å²) in [6, 6.07) is 0.258. The third kappa shape index (κ3) is 4.05. The molecule has 14 heavy (non-hydrogen) atoms. The molecule has 8 heteroatoms. The van der Waals surface area contributed by atoms with Crippen LogP contribution in [-0.4, -0.2) is 18.5 Å². The Morgan fingerprint density at radius 2 is 2.29 bits per heavy atom. The van der Waals surface area contributed by atoms with E-state index in [1.54, 1.807) is 17.1 Å². The van der Waals surface area contributed by atoms with E-state index in [1.165, 1.54) is 0 Å². The highest BCUT2D eigenvalue weighted by atomic mass is 35.5. The van der Waals surface area contributed by atoms with Gasteiger partial charge in [0.1, 0.15) is 0 Å². The zero-order chi connectivity index (χ0) is 9.84. The standard InChI is InChI=1S/C6H12N4O2S.ClH/c1-5(2)10-4-6(3-7-10)8-9-13(11)12;/h3-5,8-9H,1-2H3,(H,11,12);1H/p-1. The van der Waals surface area contributed by atoms with Crippen molar-refractivity contribution in [2.75, 3.05) is 5.43 Å². The molecule has 0 spiro atoms. The van der Waals surface area contributed by atoms with E-state index in [-0.39, 0.29) is 18.4 Å². The van der Waals surface area contributed by atoms with E-state index in [0.29, 0.717) is 5.69 Å². The van der Waals surface area contributed by atoms with Gasteiger partial charge in [-0.2, -0.15) is 9.93 Å². The molecule has 1 unspecified atom stereocenters.